The first-order valence-electron chi connectivity index (χ1n) is 8.07. The van der Waals surface area contributed by atoms with Crippen molar-refractivity contribution in [2.24, 2.45) is 0 Å². The number of amides is 2. The van der Waals surface area contributed by atoms with Crippen LogP contribution < -0.4 is 10.6 Å². The van der Waals surface area contributed by atoms with Crippen molar-refractivity contribution in [3.05, 3.63) is 35.9 Å². The number of aliphatic hydroxyl groups excluding tert-OH is 1. The summed E-state index contributed by atoms with van der Waals surface area (Å²) < 4.78 is 0. The Morgan fingerprint density at radius 2 is 2.14 bits per heavy atom. The van der Waals surface area contributed by atoms with Crippen LogP contribution >= 0.6 is 11.8 Å². The van der Waals surface area contributed by atoms with Gasteiger partial charge in [-0.05, 0) is 30.6 Å². The molecule has 4 nitrogen and oxygen atoms in total. The number of nitrogens with one attached hydrogen (secondary N) is 2. The lowest BCUT2D eigenvalue weighted by atomic mass is 9.95. The van der Waals surface area contributed by atoms with Gasteiger partial charge in [-0.25, -0.2) is 4.79 Å². The van der Waals surface area contributed by atoms with E-state index >= 15 is 0 Å². The highest BCUT2D eigenvalue weighted by molar-refractivity contribution is 7.99. The van der Waals surface area contributed by atoms with E-state index in [2.05, 4.69) is 17.6 Å². The fourth-order valence-electron chi connectivity index (χ4n) is 2.97. The predicted octanol–water partition coefficient (Wildman–Crippen LogP) is 3.08. The summed E-state index contributed by atoms with van der Waals surface area (Å²) in [5.74, 6) is 1.13. The minimum Gasteiger partial charge on any atom is -0.394 e. The molecule has 3 N–H and O–H groups in total. The molecule has 122 valence electrons. The van der Waals surface area contributed by atoms with Gasteiger partial charge in [-0.3, -0.25) is 0 Å². The minimum absolute atomic E-state index is 0.101. The van der Waals surface area contributed by atoms with Crippen molar-refractivity contribution in [3.63, 3.8) is 0 Å². The van der Waals surface area contributed by atoms with Crippen LogP contribution in [0.2, 0.25) is 0 Å². The second kappa shape index (κ2) is 9.06. The summed E-state index contributed by atoms with van der Waals surface area (Å²) in [5.41, 5.74) is 0.920. The molecule has 0 saturated heterocycles. The molecule has 3 atom stereocenters. The third-order valence-electron chi connectivity index (χ3n) is 4.05. The highest BCUT2D eigenvalue weighted by Crippen LogP contribution is 2.28. The van der Waals surface area contributed by atoms with Crippen molar-refractivity contribution in [2.45, 2.75) is 49.9 Å². The molecule has 3 unspecified atom stereocenters. The number of hydrogen-bond donors (Lipinski definition) is 3. The van der Waals surface area contributed by atoms with Crippen LogP contribution in [0.1, 0.15) is 44.2 Å². The van der Waals surface area contributed by atoms with Crippen LogP contribution in [0.5, 0.6) is 0 Å². The van der Waals surface area contributed by atoms with Crippen molar-refractivity contribution in [1.29, 1.82) is 0 Å². The molecule has 22 heavy (non-hydrogen) atoms. The van der Waals surface area contributed by atoms with E-state index in [0.29, 0.717) is 5.25 Å². The van der Waals surface area contributed by atoms with Gasteiger partial charge in [-0.2, -0.15) is 11.8 Å². The van der Waals surface area contributed by atoms with Crippen LogP contribution in [0.25, 0.3) is 0 Å². The third kappa shape index (κ3) is 5.21. The van der Waals surface area contributed by atoms with Gasteiger partial charge in [0.2, 0.25) is 0 Å². The Balaban J connectivity index is 1.84. The molecule has 1 aliphatic carbocycles. The molecule has 2 rings (SSSR count). The lowest BCUT2D eigenvalue weighted by Crippen LogP contribution is -2.46. The molecule has 1 saturated carbocycles. The standard InChI is InChI=1S/C17H26N2O2S/c1-2-22-15-10-6-9-14(11-15)18-17(21)19-16(12-20)13-7-4-3-5-8-13/h3-5,7-8,14-16,20H,2,6,9-12H2,1H3,(H2,18,19,21). The van der Waals surface area contributed by atoms with Gasteiger partial charge in [-0.15, -0.1) is 0 Å². The third-order valence-corrected chi connectivity index (χ3v) is 5.29. The van der Waals surface area contributed by atoms with Gasteiger partial charge in [-0.1, -0.05) is 43.7 Å². The molecule has 1 fully saturated rings. The number of hydrogen-bond acceptors (Lipinski definition) is 3. The Morgan fingerprint density at radius 3 is 2.82 bits per heavy atom. The summed E-state index contributed by atoms with van der Waals surface area (Å²) in [6.07, 6.45) is 4.51. The minimum atomic E-state index is -0.356. The maximum Gasteiger partial charge on any atom is 0.315 e. The number of carbonyl (C=O) groups excluding carboxylic acids is 1. The topological polar surface area (TPSA) is 61.4 Å². The van der Waals surface area contributed by atoms with Gasteiger partial charge in [0.15, 0.2) is 0 Å². The Kier molecular flexibility index (Phi) is 7.06. The highest BCUT2D eigenvalue weighted by Gasteiger charge is 2.24. The molecule has 1 aromatic carbocycles. The second-order valence-electron chi connectivity index (χ2n) is 5.70. The molecule has 2 amide bonds. The van der Waals surface area contributed by atoms with E-state index in [9.17, 15) is 9.90 Å². The number of rotatable bonds is 6. The van der Waals surface area contributed by atoms with E-state index in [-0.39, 0.29) is 24.7 Å². The molecule has 0 spiro atoms. The van der Waals surface area contributed by atoms with Gasteiger partial charge >= 0.3 is 6.03 Å². The van der Waals surface area contributed by atoms with Gasteiger partial charge in [0.1, 0.15) is 0 Å². The second-order valence-corrected chi connectivity index (χ2v) is 7.28. The maximum atomic E-state index is 12.2. The van der Waals surface area contributed by atoms with Crippen molar-refractivity contribution >= 4 is 17.8 Å². The molecule has 1 aromatic rings. The van der Waals surface area contributed by atoms with Crippen LogP contribution in [-0.4, -0.2) is 34.8 Å². The molecule has 0 bridgehead atoms. The molecule has 0 aromatic heterocycles. The Hall–Kier alpha value is -1.20. The van der Waals surface area contributed by atoms with Crippen molar-refractivity contribution in [2.75, 3.05) is 12.4 Å². The zero-order valence-electron chi connectivity index (χ0n) is 13.1. The van der Waals surface area contributed by atoms with Gasteiger partial charge in [0.05, 0.1) is 12.6 Å². The monoisotopic (exact) mass is 322 g/mol. The quantitative estimate of drug-likeness (QED) is 0.754. The van der Waals surface area contributed by atoms with Crippen LogP contribution in [0.4, 0.5) is 4.79 Å². The summed E-state index contributed by atoms with van der Waals surface area (Å²) in [6, 6.07) is 9.27. The van der Waals surface area contributed by atoms with Crippen LogP contribution in [0.15, 0.2) is 30.3 Å². The van der Waals surface area contributed by atoms with Crippen molar-refractivity contribution in [1.82, 2.24) is 10.6 Å². The summed E-state index contributed by atoms with van der Waals surface area (Å²) in [5, 5.41) is 16.1. The first kappa shape index (κ1) is 17.2. The average Bonchev–Trinajstić information content (AvgIpc) is 2.54. The van der Waals surface area contributed by atoms with Crippen LogP contribution in [0.3, 0.4) is 0 Å². The van der Waals surface area contributed by atoms with Gasteiger partial charge in [0, 0.05) is 11.3 Å². The van der Waals surface area contributed by atoms with Gasteiger partial charge in [0.25, 0.3) is 0 Å². The van der Waals surface area contributed by atoms with Crippen molar-refractivity contribution in [3.8, 4) is 0 Å². The van der Waals surface area contributed by atoms with Crippen LogP contribution in [0, 0.1) is 0 Å². The van der Waals surface area contributed by atoms with E-state index in [1.165, 1.54) is 12.8 Å². The smallest absolute Gasteiger partial charge is 0.315 e. The molecular formula is C17H26N2O2S. The van der Waals surface area contributed by atoms with Crippen LogP contribution in [-0.2, 0) is 0 Å². The number of thioether (sulfide) groups is 1. The number of urea groups is 1. The maximum absolute atomic E-state index is 12.2. The Morgan fingerprint density at radius 1 is 1.36 bits per heavy atom. The fraction of sp³-hybridized carbons (Fsp3) is 0.588. The lowest BCUT2D eigenvalue weighted by Gasteiger charge is -2.30. The number of carbonyl (C=O) groups is 1. The zero-order valence-corrected chi connectivity index (χ0v) is 13.9. The Labute approximate surface area is 137 Å². The fourth-order valence-corrected chi connectivity index (χ4v) is 4.14. The van der Waals surface area contributed by atoms with Gasteiger partial charge < -0.3 is 15.7 Å². The zero-order chi connectivity index (χ0) is 15.8. The number of aliphatic hydroxyl groups is 1. The highest BCUT2D eigenvalue weighted by atomic mass is 32.2. The lowest BCUT2D eigenvalue weighted by molar-refractivity contribution is 0.211. The first-order chi connectivity index (χ1) is 10.7. The molecular weight excluding hydrogens is 296 g/mol. The SMILES string of the molecule is CCSC1CCCC(NC(=O)NC(CO)c2ccccc2)C1. The summed E-state index contributed by atoms with van der Waals surface area (Å²) in [6.45, 7) is 2.08. The molecule has 1 aliphatic rings. The van der Waals surface area contributed by atoms with E-state index in [0.717, 1.165) is 24.2 Å². The summed E-state index contributed by atoms with van der Waals surface area (Å²) in [4.78, 5) is 12.2. The normalized spacial score (nSPS) is 22.8. The number of benzene rings is 1. The van der Waals surface area contributed by atoms with E-state index in [1.54, 1.807) is 0 Å². The van der Waals surface area contributed by atoms with E-state index < -0.39 is 0 Å². The molecule has 0 heterocycles. The summed E-state index contributed by atoms with van der Waals surface area (Å²) >= 11 is 1.99. The largest absolute Gasteiger partial charge is 0.394 e. The Bertz CT molecular complexity index is 453. The van der Waals surface area contributed by atoms with E-state index in [1.807, 2.05) is 42.1 Å². The van der Waals surface area contributed by atoms with Crippen molar-refractivity contribution < 1.29 is 9.90 Å². The van der Waals surface area contributed by atoms with E-state index in [4.69, 9.17) is 0 Å². The molecule has 0 radical (unpaired) electrons. The molecule has 0 aliphatic heterocycles. The first-order valence-corrected chi connectivity index (χ1v) is 9.12. The summed E-state index contributed by atoms with van der Waals surface area (Å²) in [7, 11) is 0. The average molecular weight is 322 g/mol. The predicted molar refractivity (Wildman–Crippen MR) is 92.1 cm³/mol. The molecule has 5 heteroatoms.